The summed E-state index contributed by atoms with van der Waals surface area (Å²) in [5.41, 5.74) is -1.03. The largest absolute Gasteiger partial charge is 0.416 e. The normalized spacial score (nSPS) is 19.3. The Morgan fingerprint density at radius 1 is 1.35 bits per heavy atom. The molecule has 5 nitrogen and oxygen atoms in total. The Balaban J connectivity index is 2.36. The summed E-state index contributed by atoms with van der Waals surface area (Å²) < 4.78 is 65.2. The third kappa shape index (κ3) is 4.50. The van der Waals surface area contributed by atoms with Crippen molar-refractivity contribution in [2.45, 2.75) is 49.7 Å². The number of piperidine rings is 1. The summed E-state index contributed by atoms with van der Waals surface area (Å²) in [6.07, 6.45) is -2.31. The highest BCUT2D eigenvalue weighted by molar-refractivity contribution is 7.89. The van der Waals surface area contributed by atoms with Gasteiger partial charge in [0.15, 0.2) is 0 Å². The topological polar surface area (TPSA) is 66.5 Å². The Kier molecular flexibility index (Phi) is 6.57. The summed E-state index contributed by atoms with van der Waals surface area (Å²) in [5.74, 6) is -0.404. The van der Waals surface area contributed by atoms with E-state index in [0.717, 1.165) is 10.4 Å². The molecule has 1 saturated heterocycles. The lowest BCUT2D eigenvalue weighted by Crippen LogP contribution is -2.51. The second kappa shape index (κ2) is 8.14. The van der Waals surface area contributed by atoms with Crippen molar-refractivity contribution in [3.8, 4) is 0 Å². The number of hydrogen-bond donors (Lipinski definition) is 1. The molecule has 0 aromatic heterocycles. The number of sulfonamides is 1. The van der Waals surface area contributed by atoms with E-state index in [1.165, 1.54) is 0 Å². The van der Waals surface area contributed by atoms with Crippen molar-refractivity contribution in [1.29, 1.82) is 0 Å². The number of benzene rings is 1. The number of alkyl halides is 3. The van der Waals surface area contributed by atoms with Crippen molar-refractivity contribution in [2.75, 3.05) is 13.1 Å². The van der Waals surface area contributed by atoms with E-state index in [-0.39, 0.29) is 6.54 Å². The second-order valence-corrected chi connectivity index (χ2v) is 8.33. The lowest BCUT2D eigenvalue weighted by atomic mass is 10.0. The minimum absolute atomic E-state index is 0.115. The van der Waals surface area contributed by atoms with E-state index in [2.05, 4.69) is 5.32 Å². The van der Waals surface area contributed by atoms with E-state index in [4.69, 9.17) is 11.6 Å². The Hall–Kier alpha value is -1.32. The summed E-state index contributed by atoms with van der Waals surface area (Å²) >= 11 is 5.84. The maximum absolute atomic E-state index is 12.9. The monoisotopic (exact) mass is 412 g/mol. The molecule has 1 aromatic rings. The number of nitrogens with one attached hydrogen (secondary N) is 1. The fraction of sp³-hybridized carbons (Fsp3) is 0.562. The van der Waals surface area contributed by atoms with Crippen LogP contribution in [-0.2, 0) is 21.0 Å². The molecule has 0 aliphatic carbocycles. The van der Waals surface area contributed by atoms with Crippen LogP contribution in [0.5, 0.6) is 0 Å². The number of hydrogen-bond acceptors (Lipinski definition) is 3. The van der Waals surface area contributed by atoms with Gasteiger partial charge < -0.3 is 5.32 Å². The highest BCUT2D eigenvalue weighted by Crippen LogP contribution is 2.35. The van der Waals surface area contributed by atoms with Gasteiger partial charge in [0.05, 0.1) is 10.6 Å². The van der Waals surface area contributed by atoms with Gasteiger partial charge in [-0.15, -0.1) is 0 Å². The smallest absolute Gasteiger partial charge is 0.355 e. The van der Waals surface area contributed by atoms with Gasteiger partial charge in [-0.2, -0.15) is 17.5 Å². The zero-order chi connectivity index (χ0) is 19.5. The number of nitrogens with zero attached hydrogens (tertiary/aromatic N) is 1. The van der Waals surface area contributed by atoms with Crippen molar-refractivity contribution in [3.63, 3.8) is 0 Å². The fourth-order valence-corrected chi connectivity index (χ4v) is 5.01. The Labute approximate surface area is 155 Å². The average molecular weight is 413 g/mol. The molecule has 1 unspecified atom stereocenters. The van der Waals surface area contributed by atoms with E-state index in [1.54, 1.807) is 0 Å². The highest BCUT2D eigenvalue weighted by Gasteiger charge is 2.39. The molecule has 26 heavy (non-hydrogen) atoms. The predicted octanol–water partition coefficient (Wildman–Crippen LogP) is 3.43. The molecule has 1 N–H and O–H groups in total. The molecule has 10 heteroatoms. The van der Waals surface area contributed by atoms with Crippen LogP contribution in [-0.4, -0.2) is 37.8 Å². The van der Waals surface area contributed by atoms with E-state index in [0.29, 0.717) is 44.4 Å². The number of halogens is 4. The summed E-state index contributed by atoms with van der Waals surface area (Å²) in [7, 11) is -4.20. The van der Waals surface area contributed by atoms with Crippen LogP contribution in [0.3, 0.4) is 0 Å². The van der Waals surface area contributed by atoms with E-state index < -0.39 is 43.6 Å². The van der Waals surface area contributed by atoms with Crippen molar-refractivity contribution < 1.29 is 26.4 Å². The van der Waals surface area contributed by atoms with Gasteiger partial charge in [-0.25, -0.2) is 8.42 Å². The maximum Gasteiger partial charge on any atom is 0.416 e. The molecule has 1 fully saturated rings. The quantitative estimate of drug-likeness (QED) is 0.805. The fourth-order valence-electron chi connectivity index (χ4n) is 2.83. The van der Waals surface area contributed by atoms with Gasteiger partial charge in [0.25, 0.3) is 0 Å². The molecular weight excluding hydrogens is 393 g/mol. The van der Waals surface area contributed by atoms with Crippen LogP contribution in [0.15, 0.2) is 23.1 Å². The zero-order valence-corrected chi connectivity index (χ0v) is 15.7. The minimum atomic E-state index is -4.63. The highest BCUT2D eigenvalue weighted by atomic mass is 35.5. The molecule has 2 rings (SSSR count). The van der Waals surface area contributed by atoms with Crippen LogP contribution in [0.25, 0.3) is 0 Å². The number of rotatable bonds is 5. The SMILES string of the molecule is CCCNC(=O)C1CCCCN1S(=O)(=O)c1ccc(C(F)(F)F)cc1Cl. The minimum Gasteiger partial charge on any atom is -0.355 e. The van der Waals surface area contributed by atoms with Crippen LogP contribution in [0.4, 0.5) is 13.2 Å². The van der Waals surface area contributed by atoms with Crippen molar-refractivity contribution in [2.24, 2.45) is 0 Å². The van der Waals surface area contributed by atoms with Crippen LogP contribution in [0.2, 0.25) is 5.02 Å². The van der Waals surface area contributed by atoms with Gasteiger partial charge in [-0.05, 0) is 37.5 Å². The first-order valence-electron chi connectivity index (χ1n) is 8.25. The molecule has 0 bridgehead atoms. The van der Waals surface area contributed by atoms with Crippen LogP contribution >= 0.6 is 11.6 Å². The zero-order valence-electron chi connectivity index (χ0n) is 14.1. The second-order valence-electron chi connectivity index (χ2n) is 6.06. The average Bonchev–Trinajstić information content (AvgIpc) is 2.58. The van der Waals surface area contributed by atoms with Crippen molar-refractivity contribution in [3.05, 3.63) is 28.8 Å². The summed E-state index contributed by atoms with van der Waals surface area (Å²) in [5, 5.41) is 2.16. The van der Waals surface area contributed by atoms with Crippen molar-refractivity contribution in [1.82, 2.24) is 9.62 Å². The van der Waals surface area contributed by atoms with E-state index in [1.807, 2.05) is 6.92 Å². The lowest BCUT2D eigenvalue weighted by Gasteiger charge is -2.33. The van der Waals surface area contributed by atoms with Gasteiger partial charge in [0, 0.05) is 13.1 Å². The van der Waals surface area contributed by atoms with Gasteiger partial charge in [0.1, 0.15) is 10.9 Å². The first-order chi connectivity index (χ1) is 12.1. The third-order valence-corrected chi connectivity index (χ3v) is 6.54. The molecule has 0 spiro atoms. The van der Waals surface area contributed by atoms with Crippen LogP contribution < -0.4 is 5.32 Å². The van der Waals surface area contributed by atoms with Gasteiger partial charge in [-0.1, -0.05) is 24.9 Å². The molecule has 1 amide bonds. The van der Waals surface area contributed by atoms with E-state index in [9.17, 15) is 26.4 Å². The maximum atomic E-state index is 12.9. The number of carbonyl (C=O) groups is 1. The molecule has 1 aliphatic rings. The predicted molar refractivity (Wildman–Crippen MR) is 91.3 cm³/mol. The van der Waals surface area contributed by atoms with Crippen LogP contribution in [0, 0.1) is 0 Å². The molecule has 0 radical (unpaired) electrons. The first kappa shape index (κ1) is 21.0. The van der Waals surface area contributed by atoms with Gasteiger partial charge >= 0.3 is 6.18 Å². The van der Waals surface area contributed by atoms with E-state index >= 15 is 0 Å². The molecule has 0 saturated carbocycles. The van der Waals surface area contributed by atoms with Gasteiger partial charge in [0.2, 0.25) is 15.9 Å². The molecule has 146 valence electrons. The molecular formula is C16H20ClF3N2O3S. The summed E-state index contributed by atoms with van der Waals surface area (Å²) in [6, 6.07) is 1.22. The molecule has 1 atom stereocenters. The van der Waals surface area contributed by atoms with Gasteiger partial charge in [-0.3, -0.25) is 4.79 Å². The third-order valence-electron chi connectivity index (χ3n) is 4.15. The Bertz CT molecular complexity index is 768. The Morgan fingerprint density at radius 3 is 2.62 bits per heavy atom. The number of amides is 1. The number of carbonyl (C=O) groups excluding carboxylic acids is 1. The lowest BCUT2D eigenvalue weighted by molar-refractivity contribution is -0.137. The summed E-state index contributed by atoms with van der Waals surface area (Å²) in [6.45, 7) is 2.41. The molecule has 1 aliphatic heterocycles. The first-order valence-corrected chi connectivity index (χ1v) is 10.1. The molecule has 1 aromatic carbocycles. The molecule has 1 heterocycles. The summed E-state index contributed by atoms with van der Waals surface area (Å²) in [4.78, 5) is 11.9. The van der Waals surface area contributed by atoms with Crippen LogP contribution in [0.1, 0.15) is 38.2 Å². The van der Waals surface area contributed by atoms with Crippen molar-refractivity contribution >= 4 is 27.5 Å². The Morgan fingerprint density at radius 2 is 2.04 bits per heavy atom. The standard InChI is InChI=1S/C16H20ClF3N2O3S/c1-2-8-21-15(23)13-5-3-4-9-22(13)26(24,25)14-7-6-11(10-12(14)17)16(18,19)20/h6-7,10,13H,2-5,8-9H2,1H3,(H,21,23).